The lowest BCUT2D eigenvalue weighted by Gasteiger charge is -1.99. The Morgan fingerprint density at radius 3 is 2.95 bits per heavy atom. The van der Waals surface area contributed by atoms with E-state index in [4.69, 9.17) is 9.15 Å². The molecule has 0 bridgehead atoms. The fraction of sp³-hybridized carbons (Fsp3) is 0.250. The number of carbonyl (C=O) groups excluding carboxylic acids is 2. The van der Waals surface area contributed by atoms with Gasteiger partial charge in [0, 0.05) is 10.9 Å². The smallest absolute Gasteiger partial charge is 0.357 e. The summed E-state index contributed by atoms with van der Waals surface area (Å²) < 4.78 is 9.88. The van der Waals surface area contributed by atoms with Gasteiger partial charge in [0.05, 0.1) is 12.9 Å². The van der Waals surface area contributed by atoms with Crippen molar-refractivity contribution in [3.8, 4) is 0 Å². The van der Waals surface area contributed by atoms with Gasteiger partial charge in [-0.3, -0.25) is 10.1 Å². The number of anilines is 1. The first-order valence-electron chi connectivity index (χ1n) is 5.60. The number of nitrogens with one attached hydrogen (secondary N) is 1. The number of rotatable bonds is 4. The lowest BCUT2D eigenvalue weighted by atomic mass is 10.3. The molecule has 19 heavy (non-hydrogen) atoms. The number of amides is 1. The lowest BCUT2D eigenvalue weighted by Crippen LogP contribution is -2.12. The van der Waals surface area contributed by atoms with Crippen LogP contribution in [-0.2, 0) is 4.74 Å². The maximum absolute atomic E-state index is 11.8. The first-order chi connectivity index (χ1) is 9.11. The third-order valence-electron chi connectivity index (χ3n) is 2.28. The van der Waals surface area contributed by atoms with Gasteiger partial charge in [-0.15, -0.1) is 11.3 Å². The second-order valence-corrected chi connectivity index (χ2v) is 4.50. The largest absolute Gasteiger partial charge is 0.461 e. The molecule has 100 valence electrons. The Balaban J connectivity index is 2.06. The molecule has 0 aliphatic rings. The number of aryl methyl sites for hydroxylation is 1. The lowest BCUT2D eigenvalue weighted by molar-refractivity contribution is 0.0520. The van der Waals surface area contributed by atoms with Gasteiger partial charge in [0.25, 0.3) is 5.91 Å². The Labute approximate surface area is 113 Å². The Morgan fingerprint density at radius 2 is 2.32 bits per heavy atom. The number of furan rings is 1. The van der Waals surface area contributed by atoms with Crippen LogP contribution in [0.25, 0.3) is 0 Å². The molecule has 0 atom stereocenters. The number of aromatic nitrogens is 1. The fourth-order valence-corrected chi connectivity index (χ4v) is 2.06. The summed E-state index contributed by atoms with van der Waals surface area (Å²) in [6.45, 7) is 3.76. The first kappa shape index (κ1) is 13.3. The fourth-order valence-electron chi connectivity index (χ4n) is 1.39. The first-order valence-corrected chi connectivity index (χ1v) is 6.48. The molecule has 2 rings (SSSR count). The van der Waals surface area contributed by atoms with E-state index in [9.17, 15) is 9.59 Å². The van der Waals surface area contributed by atoms with Crippen LogP contribution in [-0.4, -0.2) is 23.5 Å². The van der Waals surface area contributed by atoms with E-state index in [-0.39, 0.29) is 18.1 Å². The van der Waals surface area contributed by atoms with Gasteiger partial charge >= 0.3 is 5.97 Å². The van der Waals surface area contributed by atoms with Gasteiger partial charge in [-0.2, -0.15) is 0 Å². The van der Waals surface area contributed by atoms with Crippen LogP contribution in [0.2, 0.25) is 0 Å². The molecule has 1 N–H and O–H groups in total. The topological polar surface area (TPSA) is 81.4 Å². The highest BCUT2D eigenvalue weighted by atomic mass is 32.1. The number of carbonyl (C=O) groups is 2. The number of thiazole rings is 1. The molecule has 7 heteroatoms. The Bertz CT molecular complexity index is 602. The van der Waals surface area contributed by atoms with Crippen molar-refractivity contribution in [1.82, 2.24) is 4.98 Å². The normalized spacial score (nSPS) is 10.2. The van der Waals surface area contributed by atoms with E-state index < -0.39 is 11.9 Å². The average molecular weight is 280 g/mol. The number of hydrogen-bond acceptors (Lipinski definition) is 6. The molecule has 0 aromatic carbocycles. The second-order valence-electron chi connectivity index (χ2n) is 3.65. The molecule has 0 radical (unpaired) electrons. The molecule has 0 aliphatic carbocycles. The molecular weight excluding hydrogens is 268 g/mol. The molecular formula is C12H12N2O4S. The van der Waals surface area contributed by atoms with Gasteiger partial charge in [0.2, 0.25) is 0 Å². The van der Waals surface area contributed by atoms with Crippen molar-refractivity contribution in [1.29, 1.82) is 0 Å². The molecule has 1 amide bonds. The van der Waals surface area contributed by atoms with Crippen molar-refractivity contribution in [2.24, 2.45) is 0 Å². The molecule has 0 saturated carbocycles. The zero-order chi connectivity index (χ0) is 13.8. The molecule has 6 nitrogen and oxygen atoms in total. The summed E-state index contributed by atoms with van der Waals surface area (Å²) in [5, 5.41) is 4.42. The molecule has 2 heterocycles. The second kappa shape index (κ2) is 5.66. The minimum Gasteiger partial charge on any atom is -0.461 e. The summed E-state index contributed by atoms with van der Waals surface area (Å²) in [7, 11) is 0. The van der Waals surface area contributed by atoms with Gasteiger partial charge in [-0.25, -0.2) is 9.78 Å². The van der Waals surface area contributed by atoms with E-state index in [1.54, 1.807) is 19.9 Å². The van der Waals surface area contributed by atoms with E-state index in [2.05, 4.69) is 10.3 Å². The van der Waals surface area contributed by atoms with Crippen LogP contribution in [0, 0.1) is 6.92 Å². The number of esters is 1. The standard InChI is InChI=1S/C12H12N2O4S/c1-3-17-11(16)8-6-19-12(13-8)14-10(15)9-7(2)4-5-18-9/h4-6H,3H2,1-2H3,(H,13,14,15). The van der Waals surface area contributed by atoms with Crippen LogP contribution < -0.4 is 5.32 Å². The van der Waals surface area contributed by atoms with Gasteiger partial charge in [-0.1, -0.05) is 0 Å². The van der Waals surface area contributed by atoms with Crippen molar-refractivity contribution in [2.75, 3.05) is 11.9 Å². The molecule has 2 aromatic heterocycles. The maximum atomic E-state index is 11.8. The SMILES string of the molecule is CCOC(=O)c1csc(NC(=O)c2occc2C)n1. The van der Waals surface area contributed by atoms with Gasteiger partial charge < -0.3 is 9.15 Å². The zero-order valence-corrected chi connectivity index (χ0v) is 11.2. The summed E-state index contributed by atoms with van der Waals surface area (Å²) in [6, 6.07) is 1.70. The summed E-state index contributed by atoms with van der Waals surface area (Å²) in [5.41, 5.74) is 0.915. The highest BCUT2D eigenvalue weighted by Crippen LogP contribution is 2.18. The monoisotopic (exact) mass is 280 g/mol. The highest BCUT2D eigenvalue weighted by Gasteiger charge is 2.16. The molecule has 0 fully saturated rings. The summed E-state index contributed by atoms with van der Waals surface area (Å²) in [5.74, 6) is -0.673. The predicted molar refractivity (Wildman–Crippen MR) is 69.5 cm³/mol. The van der Waals surface area contributed by atoms with Crippen LogP contribution in [0.15, 0.2) is 22.1 Å². The molecule has 0 saturated heterocycles. The third-order valence-corrected chi connectivity index (χ3v) is 3.04. The minimum atomic E-state index is -0.506. The van der Waals surface area contributed by atoms with E-state index in [1.807, 2.05) is 0 Å². The number of ether oxygens (including phenoxy) is 1. The van der Waals surface area contributed by atoms with Crippen molar-refractivity contribution < 1.29 is 18.7 Å². The molecule has 0 unspecified atom stereocenters. The summed E-state index contributed by atoms with van der Waals surface area (Å²) >= 11 is 1.15. The van der Waals surface area contributed by atoms with Crippen LogP contribution in [0.3, 0.4) is 0 Å². The molecule has 0 spiro atoms. The Morgan fingerprint density at radius 1 is 1.53 bits per heavy atom. The van der Waals surface area contributed by atoms with E-state index in [0.717, 1.165) is 16.9 Å². The van der Waals surface area contributed by atoms with E-state index >= 15 is 0 Å². The maximum Gasteiger partial charge on any atom is 0.357 e. The summed E-state index contributed by atoms with van der Waals surface area (Å²) in [6.07, 6.45) is 1.44. The average Bonchev–Trinajstić information content (AvgIpc) is 2.98. The minimum absolute atomic E-state index is 0.179. The quantitative estimate of drug-likeness (QED) is 0.870. The van der Waals surface area contributed by atoms with Crippen molar-refractivity contribution >= 4 is 28.3 Å². The van der Waals surface area contributed by atoms with Gasteiger partial charge in [0.15, 0.2) is 16.6 Å². The van der Waals surface area contributed by atoms with E-state index in [1.165, 1.54) is 11.6 Å². The highest BCUT2D eigenvalue weighted by molar-refractivity contribution is 7.14. The molecule has 0 aliphatic heterocycles. The van der Waals surface area contributed by atoms with Crippen molar-refractivity contribution in [3.63, 3.8) is 0 Å². The van der Waals surface area contributed by atoms with Crippen molar-refractivity contribution in [2.45, 2.75) is 13.8 Å². The van der Waals surface area contributed by atoms with Crippen LogP contribution in [0.4, 0.5) is 5.13 Å². The van der Waals surface area contributed by atoms with Crippen LogP contribution in [0.1, 0.15) is 33.5 Å². The Kier molecular flexibility index (Phi) is 3.96. The Hall–Kier alpha value is -2.15. The van der Waals surface area contributed by atoms with Crippen LogP contribution in [0.5, 0.6) is 0 Å². The van der Waals surface area contributed by atoms with Gasteiger partial charge in [0.1, 0.15) is 0 Å². The predicted octanol–water partition coefficient (Wildman–Crippen LogP) is 2.47. The third kappa shape index (κ3) is 3.00. The van der Waals surface area contributed by atoms with Gasteiger partial charge in [-0.05, 0) is 19.9 Å². The zero-order valence-electron chi connectivity index (χ0n) is 10.4. The number of nitrogens with zero attached hydrogens (tertiary/aromatic N) is 1. The van der Waals surface area contributed by atoms with Crippen molar-refractivity contribution in [3.05, 3.63) is 34.7 Å². The summed E-state index contributed by atoms with van der Waals surface area (Å²) in [4.78, 5) is 27.2. The van der Waals surface area contributed by atoms with E-state index in [0.29, 0.717) is 5.13 Å². The van der Waals surface area contributed by atoms with Crippen LogP contribution >= 0.6 is 11.3 Å². The number of hydrogen-bond donors (Lipinski definition) is 1. The molecule has 2 aromatic rings.